The summed E-state index contributed by atoms with van der Waals surface area (Å²) in [7, 11) is 1.33. The monoisotopic (exact) mass is 622 g/mol. The molecule has 1 amide bonds. The lowest BCUT2D eigenvalue weighted by atomic mass is 9.68. The maximum atomic E-state index is 13.1. The zero-order valence-electron chi connectivity index (χ0n) is 26.8. The van der Waals surface area contributed by atoms with Gasteiger partial charge in [-0.25, -0.2) is 0 Å². The Morgan fingerprint density at radius 1 is 1.02 bits per heavy atom. The third kappa shape index (κ3) is 6.65. The summed E-state index contributed by atoms with van der Waals surface area (Å²) in [5.41, 5.74) is 5.27. The Bertz CT molecular complexity index is 1540. The number of aliphatic imine (C=N–C) groups is 1. The highest BCUT2D eigenvalue weighted by atomic mass is 16.6. The summed E-state index contributed by atoms with van der Waals surface area (Å²) in [6, 6.07) is 27.7. The van der Waals surface area contributed by atoms with Crippen molar-refractivity contribution in [3.63, 3.8) is 0 Å². The van der Waals surface area contributed by atoms with Crippen LogP contribution in [0, 0.1) is 16.0 Å². The topological polar surface area (TPSA) is 105 Å². The standard InChI is InChI=1S/C37H42N4O5/c1-4-32-35(34(33(27(2)38-32)36(43)46-3)28-16-18-31(19-17-28)41(44)45)40(26-42)23-11-22-39-24-20-37(21-25-39,29-12-7-5-8-13-29)30-14-9-6-10-15-30/h5-10,12-19,26,33-34H,4,11,20-25H2,1-3H3. The fraction of sp³-hybridized carbons (Fsp3) is 0.378. The number of amides is 1. The number of hydrogen-bond acceptors (Lipinski definition) is 7. The summed E-state index contributed by atoms with van der Waals surface area (Å²) >= 11 is 0. The van der Waals surface area contributed by atoms with Gasteiger partial charge in [0.1, 0.15) is 5.92 Å². The first-order valence-corrected chi connectivity index (χ1v) is 16.0. The number of hydrogen-bond donors (Lipinski definition) is 0. The van der Waals surface area contributed by atoms with Crippen LogP contribution in [0.3, 0.4) is 0 Å². The van der Waals surface area contributed by atoms with Crippen molar-refractivity contribution in [1.82, 2.24) is 9.80 Å². The molecule has 2 heterocycles. The number of carbonyl (C=O) groups excluding carboxylic acids is 2. The number of likely N-dealkylation sites (tertiary alicyclic amines) is 1. The zero-order chi connectivity index (χ0) is 32.7. The lowest BCUT2D eigenvalue weighted by molar-refractivity contribution is -0.384. The second-order valence-electron chi connectivity index (χ2n) is 12.1. The van der Waals surface area contributed by atoms with Crippen LogP contribution >= 0.6 is 0 Å². The number of esters is 1. The Morgan fingerprint density at radius 2 is 1.61 bits per heavy atom. The molecule has 0 radical (unpaired) electrons. The second kappa shape index (κ2) is 14.6. The minimum absolute atomic E-state index is 0.0342. The molecular formula is C37H42N4O5. The van der Waals surface area contributed by atoms with Gasteiger partial charge in [-0.1, -0.05) is 79.7 Å². The van der Waals surface area contributed by atoms with Crippen LogP contribution in [0.25, 0.3) is 0 Å². The van der Waals surface area contributed by atoms with Crippen molar-refractivity contribution in [3.05, 3.63) is 123 Å². The minimum atomic E-state index is -0.759. The molecule has 5 rings (SSSR count). The van der Waals surface area contributed by atoms with Crippen molar-refractivity contribution in [2.24, 2.45) is 10.9 Å². The van der Waals surface area contributed by atoms with Crippen LogP contribution in [-0.4, -0.2) is 66.1 Å². The Hall–Kier alpha value is -4.63. The average Bonchev–Trinajstić information content (AvgIpc) is 3.10. The second-order valence-corrected chi connectivity index (χ2v) is 12.1. The van der Waals surface area contributed by atoms with Gasteiger partial charge in [0.25, 0.3) is 5.69 Å². The molecule has 1 saturated heterocycles. The molecule has 0 bridgehead atoms. The van der Waals surface area contributed by atoms with E-state index in [0.29, 0.717) is 29.9 Å². The molecule has 0 aromatic heterocycles. The summed E-state index contributed by atoms with van der Waals surface area (Å²) in [6.07, 6.45) is 4.12. The smallest absolute Gasteiger partial charge is 0.315 e. The minimum Gasteiger partial charge on any atom is -0.468 e. The fourth-order valence-electron chi connectivity index (χ4n) is 7.22. The number of nitro groups is 1. The Morgan fingerprint density at radius 3 is 2.11 bits per heavy atom. The number of non-ortho nitro benzene ring substituents is 1. The van der Waals surface area contributed by atoms with Gasteiger partial charge in [0.2, 0.25) is 6.41 Å². The maximum absolute atomic E-state index is 13.1. The van der Waals surface area contributed by atoms with Crippen LogP contribution in [-0.2, 0) is 19.7 Å². The molecule has 0 spiro atoms. The molecular weight excluding hydrogens is 580 g/mol. The number of carbonyl (C=O) groups is 2. The molecule has 240 valence electrons. The number of benzene rings is 3. The van der Waals surface area contributed by atoms with Gasteiger partial charge in [-0.15, -0.1) is 0 Å². The highest BCUT2D eigenvalue weighted by molar-refractivity contribution is 6.03. The highest BCUT2D eigenvalue weighted by Gasteiger charge is 2.42. The van der Waals surface area contributed by atoms with Crippen LogP contribution in [0.4, 0.5) is 5.69 Å². The van der Waals surface area contributed by atoms with E-state index in [1.807, 2.05) is 6.92 Å². The van der Waals surface area contributed by atoms with E-state index in [9.17, 15) is 19.7 Å². The summed E-state index contributed by atoms with van der Waals surface area (Å²) in [4.78, 5) is 45.7. The molecule has 3 aromatic carbocycles. The van der Waals surface area contributed by atoms with E-state index in [2.05, 4.69) is 65.6 Å². The van der Waals surface area contributed by atoms with Crippen molar-refractivity contribution in [2.75, 3.05) is 33.3 Å². The number of allylic oxidation sites excluding steroid dienone is 2. The lowest BCUT2D eigenvalue weighted by Crippen LogP contribution is -2.44. The van der Waals surface area contributed by atoms with E-state index >= 15 is 0 Å². The first-order valence-electron chi connectivity index (χ1n) is 16.0. The van der Waals surface area contributed by atoms with Gasteiger partial charge in [0.15, 0.2) is 0 Å². The SMILES string of the molecule is CCC1=C(N(C=O)CCCN2CCC(c3ccccc3)(c3ccccc3)CC2)C(c2ccc([N+](=O)[O-])cc2)C(C(=O)OC)C(C)=N1. The van der Waals surface area contributed by atoms with E-state index in [4.69, 9.17) is 9.73 Å². The molecule has 2 aliphatic heterocycles. The number of nitrogens with zero attached hydrogens (tertiary/aromatic N) is 4. The quantitative estimate of drug-likeness (QED) is 0.0989. The molecule has 0 N–H and O–H groups in total. The molecule has 0 saturated carbocycles. The van der Waals surface area contributed by atoms with Gasteiger partial charge in [-0.3, -0.25) is 24.7 Å². The van der Waals surface area contributed by atoms with E-state index in [-0.39, 0.29) is 11.1 Å². The van der Waals surface area contributed by atoms with E-state index in [1.54, 1.807) is 24.0 Å². The van der Waals surface area contributed by atoms with Gasteiger partial charge in [-0.2, -0.15) is 0 Å². The molecule has 0 aliphatic carbocycles. The summed E-state index contributed by atoms with van der Waals surface area (Å²) < 4.78 is 5.18. The molecule has 1 fully saturated rings. The first kappa shape index (κ1) is 32.8. The molecule has 2 atom stereocenters. The molecule has 46 heavy (non-hydrogen) atoms. The lowest BCUT2D eigenvalue weighted by Gasteiger charge is -2.43. The van der Waals surface area contributed by atoms with Gasteiger partial charge >= 0.3 is 5.97 Å². The van der Waals surface area contributed by atoms with Crippen molar-refractivity contribution in [2.45, 2.75) is 50.9 Å². The fourth-order valence-corrected chi connectivity index (χ4v) is 7.22. The van der Waals surface area contributed by atoms with Gasteiger partial charge in [0.05, 0.1) is 23.4 Å². The van der Waals surface area contributed by atoms with E-state index in [1.165, 1.54) is 30.4 Å². The van der Waals surface area contributed by atoms with Gasteiger partial charge < -0.3 is 14.5 Å². The van der Waals surface area contributed by atoms with Crippen molar-refractivity contribution >= 4 is 23.8 Å². The largest absolute Gasteiger partial charge is 0.468 e. The zero-order valence-corrected chi connectivity index (χ0v) is 26.8. The average molecular weight is 623 g/mol. The van der Waals surface area contributed by atoms with E-state index < -0.39 is 22.7 Å². The molecule has 9 heteroatoms. The number of methoxy groups -OCH3 is 1. The van der Waals surface area contributed by atoms with Crippen LogP contribution in [0.1, 0.15) is 62.1 Å². The first-order chi connectivity index (χ1) is 22.3. The molecule has 2 aliphatic rings. The summed E-state index contributed by atoms with van der Waals surface area (Å²) in [6.45, 7) is 6.91. The van der Waals surface area contributed by atoms with E-state index in [0.717, 1.165) is 51.0 Å². The van der Waals surface area contributed by atoms with Crippen molar-refractivity contribution in [1.29, 1.82) is 0 Å². The number of rotatable bonds is 12. The molecule has 2 unspecified atom stereocenters. The Labute approximate surface area is 270 Å². The normalized spacial score (nSPS) is 19.7. The van der Waals surface area contributed by atoms with Crippen molar-refractivity contribution in [3.8, 4) is 0 Å². The van der Waals surface area contributed by atoms with Crippen LogP contribution < -0.4 is 0 Å². The Kier molecular flexibility index (Phi) is 10.4. The van der Waals surface area contributed by atoms with Crippen LogP contribution in [0.15, 0.2) is 101 Å². The molecule has 3 aromatic rings. The van der Waals surface area contributed by atoms with Gasteiger partial charge in [-0.05, 0) is 68.9 Å². The van der Waals surface area contributed by atoms with Crippen molar-refractivity contribution < 1.29 is 19.2 Å². The summed E-state index contributed by atoms with van der Waals surface area (Å²) in [5.74, 6) is -1.79. The third-order valence-electron chi connectivity index (χ3n) is 9.61. The summed E-state index contributed by atoms with van der Waals surface area (Å²) in [5, 5.41) is 11.3. The number of ether oxygens (including phenoxy) is 1. The highest BCUT2D eigenvalue weighted by Crippen LogP contribution is 2.43. The predicted octanol–water partition coefficient (Wildman–Crippen LogP) is 6.49. The number of nitro benzene ring substituents is 1. The Balaban J connectivity index is 1.34. The van der Waals surface area contributed by atoms with Gasteiger partial charge in [0, 0.05) is 35.7 Å². The third-order valence-corrected chi connectivity index (χ3v) is 9.61. The predicted molar refractivity (Wildman–Crippen MR) is 178 cm³/mol. The maximum Gasteiger partial charge on any atom is 0.315 e. The number of piperidine rings is 1. The van der Waals surface area contributed by atoms with Crippen LogP contribution in [0.5, 0.6) is 0 Å². The van der Waals surface area contributed by atoms with Crippen LogP contribution in [0.2, 0.25) is 0 Å². The molecule has 9 nitrogen and oxygen atoms in total.